The molecule has 0 aliphatic rings. The zero-order valence-electron chi connectivity index (χ0n) is 9.51. The minimum absolute atomic E-state index is 0.230. The van der Waals surface area contributed by atoms with Crippen LogP contribution in [0.25, 0.3) is 16.6 Å². The van der Waals surface area contributed by atoms with Gasteiger partial charge in [0.05, 0.1) is 22.8 Å². The molecule has 96 valence electrons. The molecule has 6 heteroatoms. The molecule has 0 spiro atoms. The molecule has 0 amide bonds. The summed E-state index contributed by atoms with van der Waals surface area (Å²) in [5.74, 6) is -2.49. The van der Waals surface area contributed by atoms with Gasteiger partial charge in [0, 0.05) is 6.07 Å². The first-order chi connectivity index (χ1) is 9.08. The van der Waals surface area contributed by atoms with Gasteiger partial charge in [0.15, 0.2) is 23.1 Å². The van der Waals surface area contributed by atoms with E-state index >= 15 is 0 Å². The molecule has 3 rings (SSSR count). The topological polar surface area (TPSA) is 58.3 Å². The average Bonchev–Trinajstić information content (AvgIpc) is 2.82. The number of halogens is 2. The van der Waals surface area contributed by atoms with Gasteiger partial charge in [-0.3, -0.25) is 0 Å². The maximum absolute atomic E-state index is 13.3. The van der Waals surface area contributed by atoms with Crippen molar-refractivity contribution in [3.8, 4) is 17.2 Å². The maximum atomic E-state index is 13.3. The van der Waals surface area contributed by atoms with E-state index in [-0.39, 0.29) is 5.39 Å². The molecule has 4 nitrogen and oxygen atoms in total. The quantitative estimate of drug-likeness (QED) is 0.709. The van der Waals surface area contributed by atoms with Crippen LogP contribution < -0.4 is 0 Å². The van der Waals surface area contributed by atoms with Crippen LogP contribution >= 0.6 is 0 Å². The smallest absolute Gasteiger partial charge is 0.166 e. The van der Waals surface area contributed by atoms with Gasteiger partial charge in [-0.1, -0.05) is 0 Å². The Morgan fingerprint density at radius 2 is 1.79 bits per heavy atom. The van der Waals surface area contributed by atoms with E-state index in [0.717, 1.165) is 12.1 Å². The van der Waals surface area contributed by atoms with Crippen molar-refractivity contribution in [3.05, 3.63) is 48.2 Å². The van der Waals surface area contributed by atoms with Crippen LogP contribution in [0.3, 0.4) is 0 Å². The third kappa shape index (κ3) is 1.69. The fraction of sp³-hybridized carbons (Fsp3) is 0. The van der Waals surface area contributed by atoms with Gasteiger partial charge in [-0.05, 0) is 24.3 Å². The van der Waals surface area contributed by atoms with Crippen molar-refractivity contribution in [2.75, 3.05) is 0 Å². The highest BCUT2D eigenvalue weighted by molar-refractivity contribution is 5.86. The van der Waals surface area contributed by atoms with Gasteiger partial charge < -0.3 is 10.2 Å². The van der Waals surface area contributed by atoms with Gasteiger partial charge in [-0.15, -0.1) is 0 Å². The Labute approximate surface area is 106 Å². The Morgan fingerprint density at radius 1 is 1.00 bits per heavy atom. The monoisotopic (exact) mass is 262 g/mol. The molecular formula is C13H8F2N2O2. The summed E-state index contributed by atoms with van der Waals surface area (Å²) >= 11 is 0. The Balaban J connectivity index is 2.26. The first-order valence-electron chi connectivity index (χ1n) is 5.42. The molecular weight excluding hydrogens is 254 g/mol. The van der Waals surface area contributed by atoms with Crippen LogP contribution in [0.2, 0.25) is 0 Å². The summed E-state index contributed by atoms with van der Waals surface area (Å²) in [6.07, 6.45) is 1.29. The van der Waals surface area contributed by atoms with E-state index in [2.05, 4.69) is 5.10 Å². The SMILES string of the molecule is Oc1ccc(-n2ncc3c(O)c(F)ccc32)cc1F. The van der Waals surface area contributed by atoms with Gasteiger partial charge in [0.1, 0.15) is 0 Å². The summed E-state index contributed by atoms with van der Waals surface area (Å²) in [6, 6.07) is 6.30. The van der Waals surface area contributed by atoms with E-state index in [1.807, 2.05) is 0 Å². The largest absolute Gasteiger partial charge is 0.505 e. The van der Waals surface area contributed by atoms with E-state index in [4.69, 9.17) is 5.11 Å². The number of fused-ring (bicyclic) bond motifs is 1. The lowest BCUT2D eigenvalue weighted by atomic mass is 10.2. The fourth-order valence-corrected chi connectivity index (χ4v) is 1.89. The van der Waals surface area contributed by atoms with Crippen molar-refractivity contribution >= 4 is 10.9 Å². The Kier molecular flexibility index (Phi) is 2.38. The zero-order chi connectivity index (χ0) is 13.6. The van der Waals surface area contributed by atoms with Gasteiger partial charge in [-0.2, -0.15) is 5.10 Å². The number of phenolic OH excluding ortho intramolecular Hbond substituents is 2. The minimum atomic E-state index is -0.785. The van der Waals surface area contributed by atoms with Gasteiger partial charge in [0.25, 0.3) is 0 Å². The molecule has 2 aromatic carbocycles. The molecule has 0 fully saturated rings. The van der Waals surface area contributed by atoms with Crippen LogP contribution in [-0.4, -0.2) is 20.0 Å². The molecule has 0 aliphatic carbocycles. The predicted octanol–water partition coefficient (Wildman–Crippen LogP) is 2.71. The molecule has 0 bridgehead atoms. The van der Waals surface area contributed by atoms with Gasteiger partial charge in [0.2, 0.25) is 0 Å². The van der Waals surface area contributed by atoms with Crippen LogP contribution in [0.1, 0.15) is 0 Å². The first-order valence-corrected chi connectivity index (χ1v) is 5.42. The molecule has 0 saturated heterocycles. The molecule has 1 aromatic heterocycles. The second kappa shape index (κ2) is 3.94. The van der Waals surface area contributed by atoms with E-state index in [1.165, 1.54) is 29.1 Å². The fourth-order valence-electron chi connectivity index (χ4n) is 1.89. The number of benzene rings is 2. The van der Waals surface area contributed by atoms with E-state index in [9.17, 15) is 13.9 Å². The van der Waals surface area contributed by atoms with Gasteiger partial charge >= 0.3 is 0 Å². The van der Waals surface area contributed by atoms with Crippen molar-refractivity contribution in [2.45, 2.75) is 0 Å². The number of aromatic nitrogens is 2. The van der Waals surface area contributed by atoms with Crippen LogP contribution in [0, 0.1) is 11.6 Å². The third-order valence-electron chi connectivity index (χ3n) is 2.85. The Morgan fingerprint density at radius 3 is 2.53 bits per heavy atom. The Hall–Kier alpha value is -2.63. The van der Waals surface area contributed by atoms with Crippen molar-refractivity contribution in [1.82, 2.24) is 9.78 Å². The summed E-state index contributed by atoms with van der Waals surface area (Å²) in [7, 11) is 0. The molecule has 0 atom stereocenters. The van der Waals surface area contributed by atoms with Crippen LogP contribution in [-0.2, 0) is 0 Å². The molecule has 2 N–H and O–H groups in total. The standard InChI is InChI=1S/C13H8F2N2O2/c14-9-2-3-11-8(13(9)19)6-16-17(11)7-1-4-12(18)10(15)5-7/h1-6,18-19H. The van der Waals surface area contributed by atoms with Crippen molar-refractivity contribution in [3.63, 3.8) is 0 Å². The third-order valence-corrected chi connectivity index (χ3v) is 2.85. The maximum Gasteiger partial charge on any atom is 0.166 e. The minimum Gasteiger partial charge on any atom is -0.505 e. The summed E-state index contributed by atoms with van der Waals surface area (Å²) < 4.78 is 27.9. The van der Waals surface area contributed by atoms with Crippen LogP contribution in [0.4, 0.5) is 8.78 Å². The predicted molar refractivity (Wildman–Crippen MR) is 64.3 cm³/mol. The molecule has 0 radical (unpaired) electrons. The van der Waals surface area contributed by atoms with Crippen molar-refractivity contribution < 1.29 is 19.0 Å². The zero-order valence-corrected chi connectivity index (χ0v) is 9.51. The number of aromatic hydroxyl groups is 2. The molecule has 0 aliphatic heterocycles. The lowest BCUT2D eigenvalue weighted by molar-refractivity contribution is 0.432. The number of rotatable bonds is 1. The first kappa shape index (κ1) is 11.5. The average molecular weight is 262 g/mol. The highest BCUT2D eigenvalue weighted by Gasteiger charge is 2.12. The molecule has 0 saturated carbocycles. The summed E-state index contributed by atoms with van der Waals surface area (Å²) in [4.78, 5) is 0. The summed E-state index contributed by atoms with van der Waals surface area (Å²) in [5.41, 5.74) is 0.792. The van der Waals surface area contributed by atoms with Gasteiger partial charge in [-0.25, -0.2) is 13.5 Å². The van der Waals surface area contributed by atoms with Crippen molar-refractivity contribution in [1.29, 1.82) is 0 Å². The molecule has 3 aromatic rings. The van der Waals surface area contributed by atoms with E-state index in [0.29, 0.717) is 11.2 Å². The van der Waals surface area contributed by atoms with Crippen LogP contribution in [0.15, 0.2) is 36.5 Å². The number of hydrogen-bond donors (Lipinski definition) is 2. The highest BCUT2D eigenvalue weighted by atomic mass is 19.1. The second-order valence-corrected chi connectivity index (χ2v) is 4.02. The highest BCUT2D eigenvalue weighted by Crippen LogP contribution is 2.29. The van der Waals surface area contributed by atoms with Crippen LogP contribution in [0.5, 0.6) is 11.5 Å². The Bertz CT molecular complexity index is 784. The lowest BCUT2D eigenvalue weighted by Crippen LogP contribution is -1.96. The van der Waals surface area contributed by atoms with E-state index < -0.39 is 23.1 Å². The number of nitrogens with zero attached hydrogens (tertiary/aromatic N) is 2. The molecule has 0 unspecified atom stereocenters. The summed E-state index contributed by atoms with van der Waals surface area (Å²) in [5, 5.41) is 22.9. The lowest BCUT2D eigenvalue weighted by Gasteiger charge is -2.05. The summed E-state index contributed by atoms with van der Waals surface area (Å²) in [6.45, 7) is 0. The molecule has 19 heavy (non-hydrogen) atoms. The van der Waals surface area contributed by atoms with Crippen molar-refractivity contribution in [2.24, 2.45) is 0 Å². The number of phenols is 2. The molecule has 1 heterocycles. The second-order valence-electron chi connectivity index (χ2n) is 4.02. The normalized spacial score (nSPS) is 11.1. The van der Waals surface area contributed by atoms with E-state index in [1.54, 1.807) is 0 Å². The number of hydrogen-bond acceptors (Lipinski definition) is 3.